The van der Waals surface area contributed by atoms with Crippen LogP contribution in [0.15, 0.2) is 23.6 Å². The number of nitrogens with zero attached hydrogens (tertiary/aromatic N) is 2. The summed E-state index contributed by atoms with van der Waals surface area (Å²) in [6.07, 6.45) is -4.86. The summed E-state index contributed by atoms with van der Waals surface area (Å²) in [5.74, 6) is 0.375. The van der Waals surface area contributed by atoms with Crippen LogP contribution >= 0.6 is 11.3 Å². The normalized spacial score (nSPS) is 20.7. The molecule has 3 heterocycles. The molecule has 0 saturated carbocycles. The van der Waals surface area contributed by atoms with E-state index >= 15 is 0 Å². The highest BCUT2D eigenvalue weighted by Crippen LogP contribution is 2.45. The Morgan fingerprint density at radius 1 is 1.34 bits per heavy atom. The van der Waals surface area contributed by atoms with Crippen molar-refractivity contribution in [2.24, 2.45) is 0 Å². The lowest BCUT2D eigenvalue weighted by molar-refractivity contribution is -0.268. The van der Waals surface area contributed by atoms with Gasteiger partial charge in [0.2, 0.25) is 18.3 Å². The van der Waals surface area contributed by atoms with Crippen LogP contribution in [0.3, 0.4) is 0 Å². The maximum absolute atomic E-state index is 13.7. The fraction of sp³-hybridized carbons (Fsp3) is 0.474. The van der Waals surface area contributed by atoms with Gasteiger partial charge in [0.15, 0.2) is 11.5 Å². The van der Waals surface area contributed by atoms with Crippen LogP contribution in [-0.4, -0.2) is 40.4 Å². The van der Waals surface area contributed by atoms with Crippen LogP contribution in [0.25, 0.3) is 0 Å². The molecule has 6 nitrogen and oxygen atoms in total. The molecule has 0 spiro atoms. The molecular weight excluding hydrogens is 409 g/mol. The molecule has 156 valence electrons. The molecule has 2 atom stereocenters. The van der Waals surface area contributed by atoms with Gasteiger partial charge < -0.3 is 19.5 Å². The number of halogens is 3. The summed E-state index contributed by atoms with van der Waals surface area (Å²) in [6.45, 7) is 1.97. The van der Waals surface area contributed by atoms with Crippen molar-refractivity contribution in [1.29, 1.82) is 0 Å². The maximum atomic E-state index is 13.7. The summed E-state index contributed by atoms with van der Waals surface area (Å²) in [4.78, 5) is 18.1. The van der Waals surface area contributed by atoms with E-state index in [0.29, 0.717) is 47.9 Å². The van der Waals surface area contributed by atoms with Crippen LogP contribution in [0.4, 0.5) is 13.2 Å². The van der Waals surface area contributed by atoms with E-state index in [1.165, 1.54) is 17.2 Å². The molecule has 2 aliphatic rings. The number of aromatic nitrogens is 1. The number of alkyl halides is 3. The number of aliphatic hydroxyl groups is 1. The number of carbonyl (C=O) groups excluding carboxylic acids is 1. The molecule has 0 radical (unpaired) electrons. The van der Waals surface area contributed by atoms with Crippen molar-refractivity contribution >= 4 is 17.2 Å². The smallest absolute Gasteiger partial charge is 0.424 e. The first-order chi connectivity index (χ1) is 13.7. The number of rotatable bonds is 4. The molecule has 4 rings (SSSR count). The van der Waals surface area contributed by atoms with E-state index in [1.54, 1.807) is 18.2 Å². The van der Waals surface area contributed by atoms with E-state index in [-0.39, 0.29) is 12.8 Å². The van der Waals surface area contributed by atoms with Crippen molar-refractivity contribution in [1.82, 2.24) is 9.88 Å². The molecule has 1 fully saturated rings. The molecule has 29 heavy (non-hydrogen) atoms. The van der Waals surface area contributed by atoms with Crippen molar-refractivity contribution < 1.29 is 32.5 Å². The molecule has 10 heteroatoms. The molecule has 0 aliphatic carbocycles. The van der Waals surface area contributed by atoms with Gasteiger partial charge in [-0.25, -0.2) is 4.98 Å². The van der Waals surface area contributed by atoms with Gasteiger partial charge in [-0.15, -0.1) is 11.3 Å². The number of carbonyl (C=O) groups is 1. The fourth-order valence-corrected chi connectivity index (χ4v) is 4.61. The van der Waals surface area contributed by atoms with Gasteiger partial charge in [-0.2, -0.15) is 13.2 Å². The Morgan fingerprint density at radius 2 is 2.10 bits per heavy atom. The second kappa shape index (κ2) is 7.17. The standard InChI is InChI=1S/C19H19F3N2O4S/c1-11-9-29-17(23-11)18(26,19(20,21)22)8-16(25)24-6-2-3-13(24)12-4-5-14-15(7-12)28-10-27-14/h4-5,7,9,13,26H,2-3,6,8,10H2,1H3. The third kappa shape index (κ3) is 3.55. The number of likely N-dealkylation sites (tertiary alicyclic amines) is 1. The van der Waals surface area contributed by atoms with E-state index < -0.39 is 29.1 Å². The zero-order chi connectivity index (χ0) is 20.8. The highest BCUT2D eigenvalue weighted by Gasteiger charge is 2.58. The predicted octanol–water partition coefficient (Wildman–Crippen LogP) is 3.68. The Morgan fingerprint density at radius 3 is 2.79 bits per heavy atom. The van der Waals surface area contributed by atoms with Gasteiger partial charge in [0.1, 0.15) is 5.01 Å². The summed E-state index contributed by atoms with van der Waals surface area (Å²) >= 11 is 0.696. The lowest BCUT2D eigenvalue weighted by Gasteiger charge is -2.32. The Bertz CT molecular complexity index is 932. The summed E-state index contributed by atoms with van der Waals surface area (Å²) < 4.78 is 51.8. The number of fused-ring (bicyclic) bond motifs is 1. The van der Waals surface area contributed by atoms with Crippen LogP contribution in [-0.2, 0) is 10.4 Å². The number of hydrogen-bond donors (Lipinski definition) is 1. The second-order valence-corrected chi connectivity index (χ2v) is 8.04. The van der Waals surface area contributed by atoms with E-state index in [1.807, 2.05) is 0 Å². The molecule has 0 bridgehead atoms. The molecule has 1 amide bonds. The summed E-state index contributed by atoms with van der Waals surface area (Å²) in [5.41, 5.74) is -2.19. The van der Waals surface area contributed by atoms with Crippen LogP contribution in [0.2, 0.25) is 0 Å². The lowest BCUT2D eigenvalue weighted by Crippen LogP contribution is -2.47. The summed E-state index contributed by atoms with van der Waals surface area (Å²) in [5, 5.41) is 11.4. The quantitative estimate of drug-likeness (QED) is 0.804. The minimum Gasteiger partial charge on any atom is -0.454 e. The van der Waals surface area contributed by atoms with Crippen molar-refractivity contribution in [2.75, 3.05) is 13.3 Å². The number of benzene rings is 1. The minimum absolute atomic E-state index is 0.109. The second-order valence-electron chi connectivity index (χ2n) is 7.19. The molecule has 2 unspecified atom stereocenters. The Kier molecular flexibility index (Phi) is 4.94. The van der Waals surface area contributed by atoms with Gasteiger partial charge in [0.05, 0.1) is 12.5 Å². The van der Waals surface area contributed by atoms with Gasteiger partial charge >= 0.3 is 6.18 Å². The first-order valence-electron chi connectivity index (χ1n) is 9.10. The van der Waals surface area contributed by atoms with Gasteiger partial charge in [-0.3, -0.25) is 4.79 Å². The number of hydrogen-bond acceptors (Lipinski definition) is 6. The van der Waals surface area contributed by atoms with Crippen molar-refractivity contribution in [3.8, 4) is 11.5 Å². The zero-order valence-electron chi connectivity index (χ0n) is 15.5. The minimum atomic E-state index is -5.03. The van der Waals surface area contributed by atoms with Crippen molar-refractivity contribution in [3.63, 3.8) is 0 Å². The molecule has 1 saturated heterocycles. The number of ether oxygens (including phenoxy) is 2. The van der Waals surface area contributed by atoms with Gasteiger partial charge in [-0.05, 0) is 37.5 Å². The van der Waals surface area contributed by atoms with Crippen molar-refractivity contribution in [3.05, 3.63) is 39.8 Å². The fourth-order valence-electron chi connectivity index (χ4n) is 3.69. The Hall–Kier alpha value is -2.33. The highest BCUT2D eigenvalue weighted by molar-refractivity contribution is 7.09. The third-order valence-electron chi connectivity index (χ3n) is 5.20. The van der Waals surface area contributed by atoms with E-state index in [4.69, 9.17) is 9.47 Å². The summed E-state index contributed by atoms with van der Waals surface area (Å²) in [6, 6.07) is 4.87. The third-order valence-corrected chi connectivity index (χ3v) is 6.31. The number of thiazole rings is 1. The molecule has 1 aromatic heterocycles. The zero-order valence-corrected chi connectivity index (χ0v) is 16.3. The van der Waals surface area contributed by atoms with Gasteiger partial charge in [0, 0.05) is 17.6 Å². The van der Waals surface area contributed by atoms with Crippen LogP contribution in [0.5, 0.6) is 11.5 Å². The Labute approximate surface area is 168 Å². The van der Waals surface area contributed by atoms with E-state index in [0.717, 1.165) is 5.56 Å². The number of amides is 1. The molecule has 1 N–H and O–H groups in total. The number of aryl methyl sites for hydroxylation is 1. The lowest BCUT2D eigenvalue weighted by atomic mass is 9.97. The monoisotopic (exact) mass is 428 g/mol. The topological polar surface area (TPSA) is 71.9 Å². The van der Waals surface area contributed by atoms with Crippen LogP contribution in [0, 0.1) is 6.92 Å². The molecule has 2 aliphatic heterocycles. The SMILES string of the molecule is Cc1csc(C(O)(CC(=O)N2CCCC2c2ccc3c(c2)OCO3)C(F)(F)F)n1. The van der Waals surface area contributed by atoms with Crippen molar-refractivity contribution in [2.45, 2.75) is 44.0 Å². The average Bonchev–Trinajstić information content (AvgIpc) is 3.39. The first-order valence-corrected chi connectivity index (χ1v) is 9.98. The van der Waals surface area contributed by atoms with Crippen LogP contribution < -0.4 is 9.47 Å². The van der Waals surface area contributed by atoms with Gasteiger partial charge in [0.25, 0.3) is 0 Å². The Balaban J connectivity index is 1.59. The first kappa shape index (κ1) is 20.0. The van der Waals surface area contributed by atoms with Crippen LogP contribution in [0.1, 0.15) is 41.6 Å². The predicted molar refractivity (Wildman–Crippen MR) is 97.7 cm³/mol. The summed E-state index contributed by atoms with van der Waals surface area (Å²) in [7, 11) is 0. The van der Waals surface area contributed by atoms with Gasteiger partial charge in [-0.1, -0.05) is 6.07 Å². The van der Waals surface area contributed by atoms with E-state index in [2.05, 4.69) is 4.98 Å². The maximum Gasteiger partial charge on any atom is 0.424 e. The highest BCUT2D eigenvalue weighted by atomic mass is 32.1. The largest absolute Gasteiger partial charge is 0.454 e. The van der Waals surface area contributed by atoms with E-state index in [9.17, 15) is 23.1 Å². The molecule has 2 aromatic rings. The molecular formula is C19H19F3N2O4S. The average molecular weight is 428 g/mol. The molecule has 1 aromatic carbocycles.